The number of carboxylic acids is 1. The molecule has 3 heterocycles. The quantitative estimate of drug-likeness (QED) is 0.466. The molecule has 0 aromatic carbocycles. The molecule has 4 rings (SSSR count). The second-order valence-electron chi connectivity index (χ2n) is 8.27. The van der Waals surface area contributed by atoms with E-state index in [9.17, 15) is 24.3 Å². The number of hydrogen-bond donors (Lipinski definition) is 3. The molecule has 33 heavy (non-hydrogen) atoms. The zero-order chi connectivity index (χ0) is 23.9. The van der Waals surface area contributed by atoms with Gasteiger partial charge in [0.2, 0.25) is 5.91 Å². The largest absolute Gasteiger partial charge is 0.478 e. The third-order valence-corrected chi connectivity index (χ3v) is 7.83. The van der Waals surface area contributed by atoms with Crippen LogP contribution in [-0.2, 0) is 30.6 Å². The number of aromatic nitrogens is 2. The number of thiophene rings is 2. The van der Waals surface area contributed by atoms with Crippen LogP contribution in [0.15, 0.2) is 10.2 Å². The van der Waals surface area contributed by atoms with Crippen molar-refractivity contribution < 1.29 is 19.5 Å². The van der Waals surface area contributed by atoms with Crippen LogP contribution in [0.2, 0.25) is 0 Å². The number of fused-ring (bicyclic) bond motifs is 2. The lowest BCUT2D eigenvalue weighted by molar-refractivity contribution is -0.116. The van der Waals surface area contributed by atoms with Gasteiger partial charge in [0.05, 0.1) is 16.5 Å². The van der Waals surface area contributed by atoms with Crippen LogP contribution in [0, 0.1) is 5.92 Å². The van der Waals surface area contributed by atoms with Crippen molar-refractivity contribution in [2.45, 2.75) is 52.5 Å². The Morgan fingerprint density at radius 2 is 2.12 bits per heavy atom. The van der Waals surface area contributed by atoms with E-state index in [4.69, 9.17) is 5.73 Å². The molecule has 3 aromatic rings. The van der Waals surface area contributed by atoms with Gasteiger partial charge in [-0.2, -0.15) is 0 Å². The summed E-state index contributed by atoms with van der Waals surface area (Å²) in [6, 6.07) is 0. The van der Waals surface area contributed by atoms with E-state index in [-0.39, 0.29) is 17.5 Å². The van der Waals surface area contributed by atoms with Crippen LogP contribution in [0.25, 0.3) is 10.2 Å². The number of nitrogens with zero attached hydrogens (tertiary/aromatic N) is 2. The van der Waals surface area contributed by atoms with Gasteiger partial charge >= 0.3 is 5.97 Å². The van der Waals surface area contributed by atoms with E-state index in [0.717, 1.165) is 41.0 Å². The molecular weight excluding hydrogens is 464 g/mol. The van der Waals surface area contributed by atoms with Crippen LogP contribution in [0.5, 0.6) is 0 Å². The molecule has 11 heteroatoms. The van der Waals surface area contributed by atoms with Crippen LogP contribution in [0.3, 0.4) is 0 Å². The fraction of sp³-hybridized carbons (Fsp3) is 0.409. The summed E-state index contributed by atoms with van der Waals surface area (Å²) < 4.78 is 1.22. The third kappa shape index (κ3) is 4.30. The summed E-state index contributed by atoms with van der Waals surface area (Å²) in [5.41, 5.74) is 6.18. The minimum atomic E-state index is -1.22. The molecule has 0 fully saturated rings. The Morgan fingerprint density at radius 3 is 2.79 bits per heavy atom. The molecule has 0 aliphatic heterocycles. The highest BCUT2D eigenvalue weighted by Crippen LogP contribution is 2.39. The van der Waals surface area contributed by atoms with E-state index in [1.54, 1.807) is 0 Å². The van der Waals surface area contributed by atoms with Crippen LogP contribution < -0.4 is 16.6 Å². The summed E-state index contributed by atoms with van der Waals surface area (Å²) in [6.07, 6.45) is 3.66. The van der Waals surface area contributed by atoms with Gasteiger partial charge in [0.25, 0.3) is 11.5 Å². The second-order valence-corrected chi connectivity index (χ2v) is 10.2. The molecule has 2 amide bonds. The Kier molecular flexibility index (Phi) is 6.35. The number of primary amides is 1. The molecule has 9 nitrogen and oxygen atoms in total. The molecule has 0 radical (unpaired) electrons. The van der Waals surface area contributed by atoms with Gasteiger partial charge in [-0.25, -0.2) is 9.78 Å². The molecule has 4 N–H and O–H groups in total. The maximum Gasteiger partial charge on any atom is 0.337 e. The minimum absolute atomic E-state index is 0.00134. The van der Waals surface area contributed by atoms with Gasteiger partial charge in [-0.15, -0.1) is 22.7 Å². The van der Waals surface area contributed by atoms with Gasteiger partial charge in [0.15, 0.2) is 0 Å². The summed E-state index contributed by atoms with van der Waals surface area (Å²) >= 11 is 2.44. The molecule has 174 valence electrons. The van der Waals surface area contributed by atoms with Crippen molar-refractivity contribution in [3.63, 3.8) is 0 Å². The number of amides is 2. The Morgan fingerprint density at radius 1 is 1.36 bits per heavy atom. The number of carbonyl (C=O) groups is 3. The summed E-state index contributed by atoms with van der Waals surface area (Å²) in [6.45, 7) is 3.73. The standard InChI is InChI=1S/C22H24N4O5S2/c1-3-4-14-24-19-17(12(9-32-19)22(30)31)21(29)26(14)8-15(27)25-20-16(18(23)28)11-6-5-10(2)7-13(11)33-20/h9-10H,3-8H2,1-2H3,(H2,23,28)(H,25,27)(H,30,31). The monoisotopic (exact) mass is 488 g/mol. The lowest BCUT2D eigenvalue weighted by Gasteiger charge is -2.18. The fourth-order valence-electron chi connectivity index (χ4n) is 4.21. The lowest BCUT2D eigenvalue weighted by Crippen LogP contribution is -2.31. The molecule has 0 bridgehead atoms. The van der Waals surface area contributed by atoms with Gasteiger partial charge < -0.3 is 16.2 Å². The molecule has 0 saturated heterocycles. The van der Waals surface area contributed by atoms with Crippen LogP contribution in [0.1, 0.15) is 63.7 Å². The van der Waals surface area contributed by atoms with Crippen LogP contribution in [-0.4, -0.2) is 32.4 Å². The number of nitrogens with two attached hydrogens (primary N) is 1. The summed E-state index contributed by atoms with van der Waals surface area (Å²) in [5, 5.41) is 14.0. The first-order valence-corrected chi connectivity index (χ1v) is 12.4. The van der Waals surface area contributed by atoms with Crippen molar-refractivity contribution in [1.29, 1.82) is 0 Å². The Balaban J connectivity index is 1.70. The van der Waals surface area contributed by atoms with E-state index < -0.39 is 23.3 Å². The van der Waals surface area contributed by atoms with E-state index in [2.05, 4.69) is 17.2 Å². The number of anilines is 1. The maximum absolute atomic E-state index is 13.2. The minimum Gasteiger partial charge on any atom is -0.478 e. The predicted octanol–water partition coefficient (Wildman–Crippen LogP) is 3.03. The van der Waals surface area contributed by atoms with Gasteiger partial charge in [-0.3, -0.25) is 19.0 Å². The SMILES string of the molecule is CCCc1nc2scc(C(=O)O)c2c(=O)n1CC(=O)Nc1sc2c(c1C(N)=O)CCC(C)C2. The van der Waals surface area contributed by atoms with Gasteiger partial charge in [-0.05, 0) is 37.2 Å². The van der Waals surface area contributed by atoms with Crippen molar-refractivity contribution in [1.82, 2.24) is 9.55 Å². The van der Waals surface area contributed by atoms with Crippen molar-refractivity contribution >= 4 is 55.7 Å². The number of aromatic carboxylic acids is 1. The first-order valence-electron chi connectivity index (χ1n) is 10.7. The molecule has 1 aliphatic rings. The van der Waals surface area contributed by atoms with Crippen LogP contribution in [0.4, 0.5) is 5.00 Å². The molecular formula is C22H24N4O5S2. The summed E-state index contributed by atoms with van der Waals surface area (Å²) in [4.78, 5) is 55.7. The van der Waals surface area contributed by atoms with Crippen molar-refractivity contribution in [3.05, 3.63) is 43.1 Å². The van der Waals surface area contributed by atoms with E-state index in [0.29, 0.717) is 40.0 Å². The molecule has 1 aliphatic carbocycles. The Bertz CT molecular complexity index is 1340. The van der Waals surface area contributed by atoms with E-state index in [1.165, 1.54) is 21.3 Å². The van der Waals surface area contributed by atoms with Crippen LogP contribution >= 0.6 is 22.7 Å². The molecule has 0 spiro atoms. The fourth-order valence-corrected chi connectivity index (χ4v) is 6.56. The zero-order valence-electron chi connectivity index (χ0n) is 18.3. The van der Waals surface area contributed by atoms with Crippen molar-refractivity contribution in [2.24, 2.45) is 11.7 Å². The number of carboxylic acid groups (broad SMARTS) is 1. The normalized spacial score (nSPS) is 15.4. The van der Waals surface area contributed by atoms with Gasteiger partial charge in [0, 0.05) is 16.7 Å². The molecule has 1 unspecified atom stereocenters. The number of nitrogens with one attached hydrogen (secondary N) is 1. The summed E-state index contributed by atoms with van der Waals surface area (Å²) in [7, 11) is 0. The molecule has 0 saturated carbocycles. The Hall–Kier alpha value is -3.05. The van der Waals surface area contributed by atoms with Gasteiger partial charge in [-0.1, -0.05) is 13.8 Å². The average Bonchev–Trinajstić information content (AvgIpc) is 3.31. The number of hydrogen-bond acceptors (Lipinski definition) is 7. The highest BCUT2D eigenvalue weighted by molar-refractivity contribution is 7.17. The Labute approximate surface area is 197 Å². The maximum atomic E-state index is 13.2. The molecule has 1 atom stereocenters. The van der Waals surface area contributed by atoms with Crippen molar-refractivity contribution in [3.8, 4) is 0 Å². The zero-order valence-corrected chi connectivity index (χ0v) is 19.9. The van der Waals surface area contributed by atoms with E-state index >= 15 is 0 Å². The smallest absolute Gasteiger partial charge is 0.337 e. The predicted molar refractivity (Wildman–Crippen MR) is 127 cm³/mol. The van der Waals surface area contributed by atoms with Crippen molar-refractivity contribution in [2.75, 3.05) is 5.32 Å². The molecule has 3 aromatic heterocycles. The summed E-state index contributed by atoms with van der Waals surface area (Å²) in [5.74, 6) is -1.41. The average molecular weight is 489 g/mol. The number of aryl methyl sites for hydroxylation is 1. The lowest BCUT2D eigenvalue weighted by atomic mass is 9.88. The highest BCUT2D eigenvalue weighted by atomic mass is 32.1. The highest BCUT2D eigenvalue weighted by Gasteiger charge is 2.28. The first-order chi connectivity index (χ1) is 15.7. The first kappa shape index (κ1) is 23.1. The third-order valence-electron chi connectivity index (χ3n) is 5.79. The number of carbonyl (C=O) groups excluding carboxylic acids is 2. The van der Waals surface area contributed by atoms with E-state index in [1.807, 2.05) is 6.92 Å². The number of rotatable bonds is 7. The van der Waals surface area contributed by atoms with Gasteiger partial charge in [0.1, 0.15) is 22.2 Å². The second kappa shape index (κ2) is 9.06. The topological polar surface area (TPSA) is 144 Å².